The molecule has 0 amide bonds. The smallest absolute Gasteiger partial charge is 0.387 e. The summed E-state index contributed by atoms with van der Waals surface area (Å²) in [7, 11) is 0. The molecule has 0 bridgehead atoms. The normalized spacial score (nSPS) is 12.5. The quantitative estimate of drug-likeness (QED) is 0.917. The lowest BCUT2D eigenvalue weighted by atomic mass is 10.1. The van der Waals surface area contributed by atoms with E-state index in [9.17, 15) is 8.78 Å². The fraction of sp³-hybridized carbons (Fsp3) is 0.250. The van der Waals surface area contributed by atoms with Crippen LogP contribution in [0.5, 0.6) is 5.75 Å². The van der Waals surface area contributed by atoms with Gasteiger partial charge in [-0.15, -0.1) is 0 Å². The van der Waals surface area contributed by atoms with E-state index in [-0.39, 0.29) is 11.8 Å². The Labute approximate surface area is 108 Å². The van der Waals surface area contributed by atoms with E-state index >= 15 is 0 Å². The zero-order valence-corrected chi connectivity index (χ0v) is 10.1. The first kappa shape index (κ1) is 13.3. The highest BCUT2D eigenvalue weighted by Gasteiger charge is 2.12. The Morgan fingerprint density at radius 1 is 1.21 bits per heavy atom. The molecule has 2 N–H and O–H groups in total. The molecule has 0 aliphatic rings. The molecule has 1 atom stereocenters. The van der Waals surface area contributed by atoms with Crippen molar-refractivity contribution in [1.82, 2.24) is 15.0 Å². The Balaban J connectivity index is 2.32. The molecule has 0 aliphatic carbocycles. The minimum absolute atomic E-state index is 0.0926. The molecule has 2 aromatic rings. The van der Waals surface area contributed by atoms with Crippen molar-refractivity contribution in [3.05, 3.63) is 36.4 Å². The number of nitrogens with zero attached hydrogens (tertiary/aromatic N) is 3. The number of aromatic nitrogens is 3. The standard InChI is InChI=1S/C12H12F2N4O/c1-7(15)10-9(3-2-4-16-10)11-17-5-8(6-18-11)19-12(13)14/h2-7,12H,15H2,1H3. The molecule has 2 aromatic heterocycles. The molecule has 19 heavy (non-hydrogen) atoms. The highest BCUT2D eigenvalue weighted by atomic mass is 19.3. The molecule has 0 spiro atoms. The second-order valence-corrected chi connectivity index (χ2v) is 3.85. The van der Waals surface area contributed by atoms with Crippen LogP contribution in [0.3, 0.4) is 0 Å². The molecular formula is C12H12F2N4O. The van der Waals surface area contributed by atoms with Gasteiger partial charge in [0.2, 0.25) is 0 Å². The van der Waals surface area contributed by atoms with Crippen LogP contribution in [0.4, 0.5) is 8.78 Å². The number of ether oxygens (including phenoxy) is 1. The van der Waals surface area contributed by atoms with Gasteiger partial charge in [0.15, 0.2) is 11.6 Å². The lowest BCUT2D eigenvalue weighted by Crippen LogP contribution is -2.10. The Morgan fingerprint density at radius 2 is 1.89 bits per heavy atom. The molecule has 1 unspecified atom stereocenters. The molecule has 0 radical (unpaired) electrons. The summed E-state index contributed by atoms with van der Waals surface area (Å²) in [6, 6.07) is 3.22. The topological polar surface area (TPSA) is 73.9 Å². The largest absolute Gasteiger partial charge is 0.432 e. The number of rotatable bonds is 4. The van der Waals surface area contributed by atoms with Crippen molar-refractivity contribution in [2.45, 2.75) is 19.6 Å². The molecule has 5 nitrogen and oxygen atoms in total. The summed E-state index contributed by atoms with van der Waals surface area (Å²) < 4.78 is 28.2. The van der Waals surface area contributed by atoms with Crippen LogP contribution in [0.1, 0.15) is 18.7 Å². The monoisotopic (exact) mass is 266 g/mol. The summed E-state index contributed by atoms with van der Waals surface area (Å²) in [5.41, 5.74) is 7.12. The zero-order chi connectivity index (χ0) is 13.8. The zero-order valence-electron chi connectivity index (χ0n) is 10.1. The van der Waals surface area contributed by atoms with E-state index < -0.39 is 6.61 Å². The minimum atomic E-state index is -2.90. The van der Waals surface area contributed by atoms with Crippen LogP contribution in [0.2, 0.25) is 0 Å². The Hall–Kier alpha value is -2.15. The van der Waals surface area contributed by atoms with E-state index in [0.717, 1.165) is 0 Å². The predicted octanol–water partition coefficient (Wildman–Crippen LogP) is 2.16. The van der Waals surface area contributed by atoms with Gasteiger partial charge in [0.05, 0.1) is 18.1 Å². The molecule has 0 fully saturated rings. The van der Waals surface area contributed by atoms with Crippen LogP contribution in [0, 0.1) is 0 Å². The van der Waals surface area contributed by atoms with Crippen LogP contribution in [-0.4, -0.2) is 21.6 Å². The molecule has 0 saturated carbocycles. The van der Waals surface area contributed by atoms with Crippen LogP contribution in [-0.2, 0) is 0 Å². The van der Waals surface area contributed by atoms with Gasteiger partial charge in [0.25, 0.3) is 0 Å². The van der Waals surface area contributed by atoms with Gasteiger partial charge in [0, 0.05) is 17.8 Å². The molecule has 0 aliphatic heterocycles. The third kappa shape index (κ3) is 3.19. The average Bonchev–Trinajstić information content (AvgIpc) is 2.39. The first-order chi connectivity index (χ1) is 9.08. The van der Waals surface area contributed by atoms with Crippen LogP contribution >= 0.6 is 0 Å². The highest BCUT2D eigenvalue weighted by Crippen LogP contribution is 2.23. The molecule has 0 aromatic carbocycles. The predicted molar refractivity (Wildman–Crippen MR) is 64.5 cm³/mol. The fourth-order valence-electron chi connectivity index (χ4n) is 1.59. The van der Waals surface area contributed by atoms with Gasteiger partial charge in [-0.25, -0.2) is 9.97 Å². The van der Waals surface area contributed by atoms with Crippen molar-refractivity contribution >= 4 is 0 Å². The molecule has 2 heterocycles. The van der Waals surface area contributed by atoms with Crippen LogP contribution in [0.25, 0.3) is 11.4 Å². The summed E-state index contributed by atoms with van der Waals surface area (Å²) >= 11 is 0. The second-order valence-electron chi connectivity index (χ2n) is 3.85. The van der Waals surface area contributed by atoms with E-state index in [1.807, 2.05) is 0 Å². The molecule has 100 valence electrons. The minimum Gasteiger partial charge on any atom is -0.432 e. The SMILES string of the molecule is CC(N)c1ncccc1-c1ncc(OC(F)F)cn1. The van der Waals surface area contributed by atoms with Crippen molar-refractivity contribution in [3.63, 3.8) is 0 Å². The number of hydrogen-bond donors (Lipinski definition) is 1. The van der Waals surface area contributed by atoms with Gasteiger partial charge in [-0.05, 0) is 19.1 Å². The third-order valence-electron chi connectivity index (χ3n) is 2.36. The van der Waals surface area contributed by atoms with Crippen LogP contribution in [0.15, 0.2) is 30.7 Å². The maximum atomic E-state index is 12.0. The summed E-state index contributed by atoms with van der Waals surface area (Å²) in [6.07, 6.45) is 4.00. The van der Waals surface area contributed by atoms with Gasteiger partial charge >= 0.3 is 6.61 Å². The number of hydrogen-bond acceptors (Lipinski definition) is 5. The van der Waals surface area contributed by atoms with E-state index in [4.69, 9.17) is 5.73 Å². The summed E-state index contributed by atoms with van der Waals surface area (Å²) in [5.74, 6) is 0.270. The van der Waals surface area contributed by atoms with Gasteiger partial charge < -0.3 is 10.5 Å². The maximum absolute atomic E-state index is 12.0. The fourth-order valence-corrected chi connectivity index (χ4v) is 1.59. The highest BCUT2D eigenvalue weighted by molar-refractivity contribution is 5.58. The summed E-state index contributed by atoms with van der Waals surface area (Å²) in [4.78, 5) is 12.1. The Kier molecular flexibility index (Phi) is 3.96. The Morgan fingerprint density at radius 3 is 2.47 bits per heavy atom. The van der Waals surface area contributed by atoms with Crippen molar-refractivity contribution in [1.29, 1.82) is 0 Å². The van der Waals surface area contributed by atoms with Crippen molar-refractivity contribution in [3.8, 4) is 17.1 Å². The van der Waals surface area contributed by atoms with E-state index in [2.05, 4.69) is 19.7 Å². The third-order valence-corrected chi connectivity index (χ3v) is 2.36. The maximum Gasteiger partial charge on any atom is 0.387 e. The molecule has 7 heteroatoms. The first-order valence-corrected chi connectivity index (χ1v) is 5.55. The Bertz CT molecular complexity index is 546. The van der Waals surface area contributed by atoms with Gasteiger partial charge in [-0.2, -0.15) is 8.78 Å². The van der Waals surface area contributed by atoms with E-state index in [1.165, 1.54) is 12.4 Å². The summed E-state index contributed by atoms with van der Waals surface area (Å²) in [6.45, 7) is -1.10. The van der Waals surface area contributed by atoms with E-state index in [0.29, 0.717) is 17.1 Å². The number of nitrogens with two attached hydrogens (primary N) is 1. The van der Waals surface area contributed by atoms with E-state index in [1.54, 1.807) is 25.3 Å². The van der Waals surface area contributed by atoms with Gasteiger partial charge in [-0.3, -0.25) is 4.98 Å². The van der Waals surface area contributed by atoms with Gasteiger partial charge in [0.1, 0.15) is 0 Å². The number of halogens is 2. The second kappa shape index (κ2) is 5.66. The van der Waals surface area contributed by atoms with Crippen molar-refractivity contribution < 1.29 is 13.5 Å². The average molecular weight is 266 g/mol. The lowest BCUT2D eigenvalue weighted by molar-refractivity contribution is -0.0503. The number of alkyl halides is 2. The number of pyridine rings is 1. The molecular weight excluding hydrogens is 254 g/mol. The molecule has 0 saturated heterocycles. The molecule has 2 rings (SSSR count). The van der Waals surface area contributed by atoms with Crippen molar-refractivity contribution in [2.24, 2.45) is 5.73 Å². The van der Waals surface area contributed by atoms with Gasteiger partial charge in [-0.1, -0.05) is 0 Å². The lowest BCUT2D eigenvalue weighted by Gasteiger charge is -2.10. The van der Waals surface area contributed by atoms with Crippen molar-refractivity contribution in [2.75, 3.05) is 0 Å². The first-order valence-electron chi connectivity index (χ1n) is 5.55. The van der Waals surface area contributed by atoms with Crippen LogP contribution < -0.4 is 10.5 Å². The summed E-state index contributed by atoms with van der Waals surface area (Å²) in [5, 5.41) is 0.